The quantitative estimate of drug-likeness (QED) is 0.398. The van der Waals surface area contributed by atoms with Crippen LogP contribution in [0.25, 0.3) is 0 Å². The fourth-order valence-electron chi connectivity index (χ4n) is 0.393. The van der Waals surface area contributed by atoms with Crippen molar-refractivity contribution in [2.45, 2.75) is 0 Å². The average Bonchev–Trinajstić information content (AvgIpc) is 1.69. The first-order chi connectivity index (χ1) is 3.39. The summed E-state index contributed by atoms with van der Waals surface area (Å²) in [7, 11) is 0. The Morgan fingerprint density at radius 2 is 2.29 bits per heavy atom. The normalized spacial score (nSPS) is 15.7. The third-order valence-corrected chi connectivity index (χ3v) is 0.709. The van der Waals surface area contributed by atoms with E-state index in [-0.39, 0.29) is 0 Å². The molecule has 0 unspecified atom stereocenters. The van der Waals surface area contributed by atoms with E-state index in [1.54, 1.807) is 12.2 Å². The van der Waals surface area contributed by atoms with Crippen molar-refractivity contribution in [3.63, 3.8) is 0 Å². The van der Waals surface area contributed by atoms with Gasteiger partial charge in [0, 0.05) is 6.08 Å². The molecule has 1 N–H and O–H groups in total. The highest BCUT2D eigenvalue weighted by molar-refractivity contribution is 5.25. The first-order valence-electron chi connectivity index (χ1n) is 2.08. The summed E-state index contributed by atoms with van der Waals surface area (Å²) in [4.78, 5) is 0. The van der Waals surface area contributed by atoms with Crippen molar-refractivity contribution < 1.29 is 0 Å². The zero-order valence-electron chi connectivity index (χ0n) is 3.81. The van der Waals surface area contributed by atoms with Gasteiger partial charge in [-0.05, 0) is 0 Å². The molecule has 0 aromatic heterocycles. The van der Waals surface area contributed by atoms with Gasteiger partial charge in [0.2, 0.25) is 5.70 Å². The summed E-state index contributed by atoms with van der Waals surface area (Å²) in [5.41, 5.74) is 7.39. The lowest BCUT2D eigenvalue weighted by Crippen LogP contribution is -1.77. The Morgan fingerprint density at radius 1 is 1.43 bits per heavy atom. The minimum Gasteiger partial charge on any atom is -0.267 e. The van der Waals surface area contributed by atoms with Crippen LogP contribution in [0.1, 0.15) is 0 Å². The molecule has 7 heavy (non-hydrogen) atoms. The number of rotatable bonds is 0. The van der Waals surface area contributed by atoms with Crippen LogP contribution in [-0.2, 0) is 0 Å². The van der Waals surface area contributed by atoms with Gasteiger partial charge in [-0.25, -0.2) is 0 Å². The van der Waals surface area contributed by atoms with Crippen LogP contribution in [0.5, 0.6) is 0 Å². The monoisotopic (exact) mass is 91.0 g/mol. The van der Waals surface area contributed by atoms with E-state index in [0.717, 1.165) is 0 Å². The molecule has 0 aliphatic heterocycles. The molecule has 0 fully saturated rings. The Morgan fingerprint density at radius 3 is 2.57 bits per heavy atom. The van der Waals surface area contributed by atoms with Gasteiger partial charge in [0.05, 0.1) is 18.2 Å². The van der Waals surface area contributed by atoms with Crippen molar-refractivity contribution in [2.24, 2.45) is 0 Å². The van der Waals surface area contributed by atoms with Gasteiger partial charge < -0.3 is 0 Å². The summed E-state index contributed by atoms with van der Waals surface area (Å²) in [6.45, 7) is 0. The Bertz CT molecular complexity index is 140. The van der Waals surface area contributed by atoms with Gasteiger partial charge in [-0.15, -0.1) is 0 Å². The molecule has 0 heterocycles. The fourth-order valence-corrected chi connectivity index (χ4v) is 0.393. The van der Waals surface area contributed by atoms with Crippen molar-refractivity contribution in [1.82, 2.24) is 5.73 Å². The highest BCUT2D eigenvalue weighted by Gasteiger charge is 1.93. The van der Waals surface area contributed by atoms with E-state index >= 15 is 0 Å². The predicted molar refractivity (Wildman–Crippen MR) is 28.1 cm³/mol. The van der Waals surface area contributed by atoms with E-state index in [2.05, 4.69) is 6.08 Å². The lowest BCUT2D eigenvalue weighted by Gasteiger charge is -1.76. The van der Waals surface area contributed by atoms with Gasteiger partial charge in [0.1, 0.15) is 6.08 Å². The SMILES string of the molecule is [NH]C1=CC=CC=[C+]1. The number of nitrogens with one attached hydrogen (secondary N) is 1. The summed E-state index contributed by atoms with van der Waals surface area (Å²) in [6, 6.07) is 0. The van der Waals surface area contributed by atoms with Crippen molar-refractivity contribution in [2.75, 3.05) is 0 Å². The van der Waals surface area contributed by atoms with E-state index in [0.29, 0.717) is 5.70 Å². The third-order valence-electron chi connectivity index (χ3n) is 0.709. The van der Waals surface area contributed by atoms with Crippen molar-refractivity contribution in [3.05, 3.63) is 36.1 Å². The van der Waals surface area contributed by atoms with Crippen LogP contribution in [0.4, 0.5) is 0 Å². The Labute approximate surface area is 42.8 Å². The van der Waals surface area contributed by atoms with Crippen molar-refractivity contribution in [3.8, 4) is 0 Å². The topological polar surface area (TPSA) is 23.8 Å². The first kappa shape index (κ1) is 4.10. The Balaban J connectivity index is 2.82. The second kappa shape index (κ2) is 1.59. The second-order valence-corrected chi connectivity index (χ2v) is 1.28. The van der Waals surface area contributed by atoms with Crippen LogP contribution in [0.2, 0.25) is 0 Å². The molecule has 0 spiro atoms. The standard InChI is InChI=1S/C6H5N/c7-6-4-2-1-3-5-6/h1-4,7H/q+1. The number of allylic oxidation sites excluding steroid dienone is 5. The predicted octanol–water partition coefficient (Wildman–Crippen LogP) is 1.08. The van der Waals surface area contributed by atoms with Crippen molar-refractivity contribution in [1.29, 1.82) is 0 Å². The lowest BCUT2D eigenvalue weighted by atomic mass is 10.3. The van der Waals surface area contributed by atoms with Crippen LogP contribution >= 0.6 is 0 Å². The molecule has 0 saturated heterocycles. The molecule has 0 saturated carbocycles. The molecule has 1 nitrogen and oxygen atoms in total. The lowest BCUT2D eigenvalue weighted by molar-refractivity contribution is 1.32. The van der Waals surface area contributed by atoms with Crippen LogP contribution < -0.4 is 5.73 Å². The molecule has 1 aliphatic carbocycles. The molecule has 0 atom stereocenters. The molecule has 0 amide bonds. The van der Waals surface area contributed by atoms with E-state index in [4.69, 9.17) is 5.73 Å². The van der Waals surface area contributed by atoms with Gasteiger partial charge in [0.25, 0.3) is 0 Å². The molecule has 0 bridgehead atoms. The number of hydrogen-bond donors (Lipinski definition) is 0. The van der Waals surface area contributed by atoms with Gasteiger partial charge in [-0.1, -0.05) is 0 Å². The summed E-state index contributed by atoms with van der Waals surface area (Å²) in [6.07, 6.45) is 9.78. The summed E-state index contributed by atoms with van der Waals surface area (Å²) in [5.74, 6) is 0. The molecule has 1 radical (unpaired) electrons. The first-order valence-corrected chi connectivity index (χ1v) is 2.08. The second-order valence-electron chi connectivity index (χ2n) is 1.28. The molecular weight excluding hydrogens is 86.1 g/mol. The summed E-state index contributed by atoms with van der Waals surface area (Å²) >= 11 is 0. The van der Waals surface area contributed by atoms with Gasteiger partial charge in [-0.3, -0.25) is 5.73 Å². The van der Waals surface area contributed by atoms with Gasteiger partial charge in [-0.2, -0.15) is 0 Å². The zero-order valence-corrected chi connectivity index (χ0v) is 3.81. The molecule has 1 aliphatic rings. The highest BCUT2D eigenvalue weighted by Crippen LogP contribution is 1.94. The van der Waals surface area contributed by atoms with Crippen LogP contribution in [-0.4, -0.2) is 0 Å². The minimum atomic E-state index is 0.447. The Hall–Kier alpha value is -1.07. The molecule has 0 aromatic rings. The van der Waals surface area contributed by atoms with Crippen molar-refractivity contribution >= 4 is 0 Å². The maximum atomic E-state index is 6.94. The van der Waals surface area contributed by atoms with Crippen LogP contribution in [0, 0.1) is 6.08 Å². The van der Waals surface area contributed by atoms with Crippen LogP contribution in [0.3, 0.4) is 0 Å². The minimum absolute atomic E-state index is 0.447. The van der Waals surface area contributed by atoms with Gasteiger partial charge in [0.15, 0.2) is 0 Å². The van der Waals surface area contributed by atoms with E-state index in [1.807, 2.05) is 12.2 Å². The molecule has 1 heteroatoms. The smallest absolute Gasteiger partial charge is 0.221 e. The maximum absolute atomic E-state index is 6.94. The van der Waals surface area contributed by atoms with Gasteiger partial charge >= 0.3 is 0 Å². The van der Waals surface area contributed by atoms with E-state index in [1.165, 1.54) is 0 Å². The highest BCUT2D eigenvalue weighted by atomic mass is 14.5. The fraction of sp³-hybridized carbons (Fsp3) is 0. The number of hydrogen-bond acceptors (Lipinski definition) is 0. The molecule has 1 rings (SSSR count). The largest absolute Gasteiger partial charge is 0.267 e. The Kier molecular flexibility index (Phi) is 0.928. The average molecular weight is 91.1 g/mol. The molecule has 33 valence electrons. The summed E-state index contributed by atoms with van der Waals surface area (Å²) < 4.78 is 0. The third kappa shape index (κ3) is 0.881. The van der Waals surface area contributed by atoms with Crippen LogP contribution in [0.15, 0.2) is 30.0 Å². The van der Waals surface area contributed by atoms with E-state index < -0.39 is 0 Å². The summed E-state index contributed by atoms with van der Waals surface area (Å²) in [5, 5.41) is 0. The maximum Gasteiger partial charge on any atom is 0.221 e. The van der Waals surface area contributed by atoms with E-state index in [9.17, 15) is 0 Å². The molecular formula is C6H5N+. The molecule has 0 aromatic carbocycles. The zero-order chi connectivity index (χ0) is 5.11.